The summed E-state index contributed by atoms with van der Waals surface area (Å²) in [5, 5.41) is 4.74. The Bertz CT molecular complexity index is 925. The maximum atomic E-state index is 4.36. The van der Waals surface area contributed by atoms with Gasteiger partial charge in [0.15, 0.2) is 0 Å². The molecule has 0 aromatic heterocycles. The van der Waals surface area contributed by atoms with Gasteiger partial charge in [-0.2, -0.15) is 0 Å². The molecular formula is C20H16S4. The lowest BCUT2D eigenvalue weighted by Crippen LogP contribution is -1.74. The molecule has 0 heterocycles. The molecule has 4 heteroatoms. The molecule has 24 heavy (non-hydrogen) atoms. The van der Waals surface area contributed by atoms with Crippen LogP contribution in [0, 0.1) is 0 Å². The topological polar surface area (TPSA) is 0 Å². The fourth-order valence-corrected chi connectivity index (χ4v) is 3.51. The van der Waals surface area contributed by atoms with Crippen molar-refractivity contribution in [1.29, 1.82) is 0 Å². The van der Waals surface area contributed by atoms with Crippen molar-refractivity contribution in [3.63, 3.8) is 0 Å². The molecular weight excluding hydrogens is 368 g/mol. The lowest BCUT2D eigenvalue weighted by molar-refractivity contribution is 1.48. The molecule has 0 saturated carbocycles. The van der Waals surface area contributed by atoms with Gasteiger partial charge in [0.1, 0.15) is 0 Å². The van der Waals surface area contributed by atoms with Crippen LogP contribution in [-0.2, 0) is 0 Å². The molecule has 0 N–H and O–H groups in total. The highest BCUT2D eigenvalue weighted by molar-refractivity contribution is 7.81. The Hall–Kier alpha value is -1.20. The molecule has 4 rings (SSSR count). The second kappa shape index (κ2) is 7.79. The predicted molar refractivity (Wildman–Crippen MR) is 117 cm³/mol. The first-order valence-electron chi connectivity index (χ1n) is 7.36. The largest absolute Gasteiger partial charge is 0.143 e. The van der Waals surface area contributed by atoms with Crippen molar-refractivity contribution in [3.8, 4) is 0 Å². The smallest absolute Gasteiger partial charge is 0.0119 e. The van der Waals surface area contributed by atoms with Gasteiger partial charge in [0.2, 0.25) is 0 Å². The summed E-state index contributed by atoms with van der Waals surface area (Å²) in [6.45, 7) is 0. The highest BCUT2D eigenvalue weighted by atomic mass is 32.1. The van der Waals surface area contributed by atoms with E-state index in [1.54, 1.807) is 0 Å². The first kappa shape index (κ1) is 17.6. The molecule has 0 nitrogen and oxygen atoms in total. The molecule has 0 bridgehead atoms. The molecule has 120 valence electrons. The highest BCUT2D eigenvalue weighted by Gasteiger charge is 1.97. The van der Waals surface area contributed by atoms with E-state index < -0.39 is 0 Å². The van der Waals surface area contributed by atoms with Gasteiger partial charge in [0, 0.05) is 19.6 Å². The number of thiol groups is 4. The van der Waals surface area contributed by atoms with Crippen LogP contribution in [-0.4, -0.2) is 0 Å². The first-order valence-corrected chi connectivity index (χ1v) is 9.15. The summed E-state index contributed by atoms with van der Waals surface area (Å²) < 4.78 is 0. The Morgan fingerprint density at radius 1 is 0.458 bits per heavy atom. The first-order chi connectivity index (χ1) is 11.5. The SMILES string of the molecule is Sc1ccc2c(S)cccc2c1.Sc1ccc2c(S)cccc2c1. The van der Waals surface area contributed by atoms with Crippen molar-refractivity contribution in [1.82, 2.24) is 0 Å². The fourth-order valence-electron chi connectivity index (χ4n) is 2.51. The average Bonchev–Trinajstić information content (AvgIpc) is 2.55. The summed E-state index contributed by atoms with van der Waals surface area (Å²) in [4.78, 5) is 4.00. The second-order valence-corrected chi connectivity index (χ2v) is 7.36. The van der Waals surface area contributed by atoms with Gasteiger partial charge in [0.05, 0.1) is 0 Å². The molecule has 0 spiro atoms. The summed E-state index contributed by atoms with van der Waals surface area (Å²) in [5.41, 5.74) is 0. The van der Waals surface area contributed by atoms with Gasteiger partial charge < -0.3 is 0 Å². The zero-order valence-electron chi connectivity index (χ0n) is 12.7. The minimum Gasteiger partial charge on any atom is -0.143 e. The van der Waals surface area contributed by atoms with E-state index in [2.05, 4.69) is 62.6 Å². The third-order valence-electron chi connectivity index (χ3n) is 3.68. The Morgan fingerprint density at radius 3 is 1.29 bits per heavy atom. The minimum atomic E-state index is 0.987. The van der Waals surface area contributed by atoms with Gasteiger partial charge in [-0.05, 0) is 57.9 Å². The summed E-state index contributed by atoms with van der Waals surface area (Å²) in [6, 6.07) is 24.2. The van der Waals surface area contributed by atoms with Crippen LogP contribution in [0.1, 0.15) is 0 Å². The minimum absolute atomic E-state index is 0.987. The third-order valence-corrected chi connectivity index (χ3v) is 5.02. The second-order valence-electron chi connectivity index (χ2n) is 5.37. The van der Waals surface area contributed by atoms with E-state index in [0.717, 1.165) is 19.6 Å². The van der Waals surface area contributed by atoms with Gasteiger partial charge in [0.25, 0.3) is 0 Å². The number of hydrogen-bond donors (Lipinski definition) is 4. The van der Waals surface area contributed by atoms with Gasteiger partial charge in [-0.25, -0.2) is 0 Å². The lowest BCUT2D eigenvalue weighted by Gasteiger charge is -2.00. The van der Waals surface area contributed by atoms with E-state index in [0.29, 0.717) is 0 Å². The van der Waals surface area contributed by atoms with Crippen LogP contribution in [0.5, 0.6) is 0 Å². The maximum absolute atomic E-state index is 4.36. The maximum Gasteiger partial charge on any atom is 0.0119 e. The zero-order chi connectivity index (χ0) is 17.1. The average molecular weight is 385 g/mol. The quantitative estimate of drug-likeness (QED) is 0.235. The molecule has 0 aliphatic heterocycles. The van der Waals surface area contributed by atoms with E-state index in [1.165, 1.54) is 21.5 Å². The third kappa shape index (κ3) is 4.06. The molecule has 0 amide bonds. The summed E-state index contributed by atoms with van der Waals surface area (Å²) in [5.74, 6) is 0. The Balaban J connectivity index is 0.000000141. The highest BCUT2D eigenvalue weighted by Crippen LogP contribution is 2.24. The molecule has 0 saturated heterocycles. The molecule has 4 aromatic carbocycles. The number of fused-ring (bicyclic) bond motifs is 2. The van der Waals surface area contributed by atoms with Gasteiger partial charge in [-0.3, -0.25) is 0 Å². The normalized spacial score (nSPS) is 10.5. The van der Waals surface area contributed by atoms with E-state index in [4.69, 9.17) is 0 Å². The lowest BCUT2D eigenvalue weighted by atomic mass is 10.1. The Kier molecular flexibility index (Phi) is 5.72. The Labute approximate surface area is 163 Å². The zero-order valence-corrected chi connectivity index (χ0v) is 16.3. The van der Waals surface area contributed by atoms with Crippen LogP contribution >= 0.6 is 50.5 Å². The molecule has 0 radical (unpaired) electrons. The molecule has 0 atom stereocenters. The van der Waals surface area contributed by atoms with Crippen LogP contribution in [0.2, 0.25) is 0 Å². The van der Waals surface area contributed by atoms with Gasteiger partial charge >= 0.3 is 0 Å². The van der Waals surface area contributed by atoms with Crippen molar-refractivity contribution in [2.24, 2.45) is 0 Å². The van der Waals surface area contributed by atoms with Crippen molar-refractivity contribution < 1.29 is 0 Å². The van der Waals surface area contributed by atoms with Crippen molar-refractivity contribution in [2.75, 3.05) is 0 Å². The van der Waals surface area contributed by atoms with Gasteiger partial charge in [-0.15, -0.1) is 50.5 Å². The van der Waals surface area contributed by atoms with E-state index in [9.17, 15) is 0 Å². The Morgan fingerprint density at radius 2 is 0.875 bits per heavy atom. The summed E-state index contributed by atoms with van der Waals surface area (Å²) in [7, 11) is 0. The van der Waals surface area contributed by atoms with E-state index >= 15 is 0 Å². The predicted octanol–water partition coefficient (Wildman–Crippen LogP) is 6.83. The molecule has 0 aliphatic rings. The van der Waals surface area contributed by atoms with Crippen LogP contribution in [0.25, 0.3) is 21.5 Å². The number of rotatable bonds is 0. The van der Waals surface area contributed by atoms with Crippen LogP contribution in [0.4, 0.5) is 0 Å². The van der Waals surface area contributed by atoms with Crippen LogP contribution in [0.15, 0.2) is 92.4 Å². The summed E-state index contributed by atoms with van der Waals surface area (Å²) >= 11 is 17.3. The van der Waals surface area contributed by atoms with Crippen LogP contribution < -0.4 is 0 Å². The molecule has 0 fully saturated rings. The van der Waals surface area contributed by atoms with Crippen molar-refractivity contribution in [3.05, 3.63) is 72.8 Å². The molecule has 0 unspecified atom stereocenters. The monoisotopic (exact) mass is 384 g/mol. The van der Waals surface area contributed by atoms with Gasteiger partial charge in [-0.1, -0.05) is 36.4 Å². The number of benzene rings is 4. The summed E-state index contributed by atoms with van der Waals surface area (Å²) in [6.07, 6.45) is 0. The standard InChI is InChI=1S/2C10H8S2/c2*11-8-4-5-9-7(6-8)2-1-3-10(9)12/h2*1-6,11-12H. The fraction of sp³-hybridized carbons (Fsp3) is 0. The van der Waals surface area contributed by atoms with E-state index in [-0.39, 0.29) is 0 Å². The van der Waals surface area contributed by atoms with Crippen molar-refractivity contribution in [2.45, 2.75) is 19.6 Å². The molecule has 4 aromatic rings. The van der Waals surface area contributed by atoms with E-state index in [1.807, 2.05) is 60.7 Å². The molecule has 0 aliphatic carbocycles. The van der Waals surface area contributed by atoms with Crippen molar-refractivity contribution >= 4 is 72.1 Å². The number of hydrogen-bond acceptors (Lipinski definition) is 4. The van der Waals surface area contributed by atoms with Crippen LogP contribution in [0.3, 0.4) is 0 Å².